The quantitative estimate of drug-likeness (QED) is 0.150. The standard InChI is InChI=1S/C45H45N3O3/c1-4-7-25-46-34(28-31-19-13-10-14-20-31)37-40(43(46)49)38-35(29-32-21-15-11-16-22-32)47(26-8-5-2)45(51)42(38)39-36(30-33-23-17-12-18-24-33)48(27-9-6-3)44(50)41(37)39/h10-24,28-30H,4-9,25-27H2,1-3H3/b34-28-,35-29-,36-30+. The van der Waals surface area contributed by atoms with E-state index in [0.717, 1.165) is 72.3 Å². The summed E-state index contributed by atoms with van der Waals surface area (Å²) in [7, 11) is 0. The molecule has 0 fully saturated rings. The van der Waals surface area contributed by atoms with Crippen molar-refractivity contribution in [1.82, 2.24) is 14.7 Å². The normalized spacial score (nSPS) is 17.4. The van der Waals surface area contributed by atoms with Crippen LogP contribution in [0.25, 0.3) is 35.3 Å². The van der Waals surface area contributed by atoms with Crippen LogP contribution in [-0.4, -0.2) is 52.1 Å². The van der Waals surface area contributed by atoms with Gasteiger partial charge in [0.2, 0.25) is 0 Å². The Hall–Kier alpha value is -5.49. The van der Waals surface area contributed by atoms with Crippen LogP contribution in [0.3, 0.4) is 0 Å². The summed E-state index contributed by atoms with van der Waals surface area (Å²) in [4.78, 5) is 50.6. The Bertz CT molecular complexity index is 1800. The summed E-state index contributed by atoms with van der Waals surface area (Å²) in [6, 6.07) is 30.0. The minimum absolute atomic E-state index is 0.155. The SMILES string of the molecule is CCCCN1C(=O)c2c(c3c(c4c2/C(=C/c2ccccc2)N(CCCC)C4=O)/C(=C\c2ccccc2)N(CCCC)C3=O)/C1=C/c1ccccc1. The van der Waals surface area contributed by atoms with Gasteiger partial charge in [0, 0.05) is 36.3 Å². The van der Waals surface area contributed by atoms with Crippen LogP contribution in [0.5, 0.6) is 0 Å². The van der Waals surface area contributed by atoms with E-state index >= 15 is 14.4 Å². The molecule has 3 aliphatic heterocycles. The highest BCUT2D eigenvalue weighted by Crippen LogP contribution is 2.53. The average Bonchev–Trinajstić information content (AvgIpc) is 3.69. The lowest BCUT2D eigenvalue weighted by atomic mass is 9.86. The Morgan fingerprint density at radius 2 is 0.647 bits per heavy atom. The summed E-state index contributed by atoms with van der Waals surface area (Å²) in [5, 5.41) is 0. The minimum atomic E-state index is -0.155. The molecule has 0 saturated heterocycles. The van der Waals surface area contributed by atoms with Crippen molar-refractivity contribution in [2.75, 3.05) is 19.6 Å². The summed E-state index contributed by atoms with van der Waals surface area (Å²) in [5.74, 6) is -0.466. The fourth-order valence-corrected chi connectivity index (χ4v) is 7.48. The number of carbonyl (C=O) groups is 3. The van der Waals surface area contributed by atoms with Crippen molar-refractivity contribution in [2.45, 2.75) is 59.3 Å². The lowest BCUT2D eigenvalue weighted by Crippen LogP contribution is -2.25. The van der Waals surface area contributed by atoms with E-state index < -0.39 is 0 Å². The molecule has 258 valence electrons. The molecule has 51 heavy (non-hydrogen) atoms. The fraction of sp³-hybridized carbons (Fsp3) is 0.267. The summed E-state index contributed by atoms with van der Waals surface area (Å²) < 4.78 is 0. The van der Waals surface area contributed by atoms with Gasteiger partial charge in [-0.2, -0.15) is 0 Å². The van der Waals surface area contributed by atoms with Crippen molar-refractivity contribution in [3.05, 3.63) is 141 Å². The Morgan fingerprint density at radius 1 is 0.392 bits per heavy atom. The zero-order valence-electron chi connectivity index (χ0n) is 29.8. The molecule has 0 aromatic heterocycles. The summed E-state index contributed by atoms with van der Waals surface area (Å²) >= 11 is 0. The molecular weight excluding hydrogens is 631 g/mol. The van der Waals surface area contributed by atoms with Gasteiger partial charge in [0.1, 0.15) is 0 Å². The molecule has 4 aromatic rings. The number of nitrogens with zero attached hydrogens (tertiary/aromatic N) is 3. The lowest BCUT2D eigenvalue weighted by molar-refractivity contribution is 0.0842. The van der Waals surface area contributed by atoms with Crippen molar-refractivity contribution < 1.29 is 14.4 Å². The summed E-state index contributed by atoms with van der Waals surface area (Å²) in [6.45, 7) is 7.88. The van der Waals surface area contributed by atoms with E-state index in [0.29, 0.717) is 53.0 Å². The molecule has 6 nitrogen and oxygen atoms in total. The second-order valence-corrected chi connectivity index (χ2v) is 13.5. The van der Waals surface area contributed by atoms with E-state index in [1.54, 1.807) is 0 Å². The molecule has 3 aliphatic rings. The van der Waals surface area contributed by atoms with Crippen LogP contribution in [0.15, 0.2) is 91.0 Å². The smallest absolute Gasteiger partial charge is 0.259 e. The number of rotatable bonds is 12. The van der Waals surface area contributed by atoms with Crippen LogP contribution in [-0.2, 0) is 0 Å². The molecule has 0 bridgehead atoms. The zero-order chi connectivity index (χ0) is 35.5. The van der Waals surface area contributed by atoms with E-state index in [1.807, 2.05) is 124 Å². The first kappa shape index (κ1) is 34.0. The van der Waals surface area contributed by atoms with E-state index in [4.69, 9.17) is 0 Å². The van der Waals surface area contributed by atoms with Crippen molar-refractivity contribution >= 4 is 53.0 Å². The highest BCUT2D eigenvalue weighted by Gasteiger charge is 2.51. The predicted octanol–water partition coefficient (Wildman–Crippen LogP) is 9.95. The molecule has 3 amide bonds. The van der Waals surface area contributed by atoms with Crippen molar-refractivity contribution in [3.63, 3.8) is 0 Å². The molecule has 0 spiro atoms. The molecule has 0 unspecified atom stereocenters. The van der Waals surface area contributed by atoms with Crippen LogP contribution in [0.1, 0.15) is 124 Å². The third kappa shape index (κ3) is 6.13. The number of benzene rings is 4. The molecule has 0 saturated carbocycles. The maximum absolute atomic E-state index is 15.0. The molecule has 6 heteroatoms. The maximum atomic E-state index is 15.0. The van der Waals surface area contributed by atoms with Gasteiger partial charge in [-0.1, -0.05) is 131 Å². The van der Waals surface area contributed by atoms with Gasteiger partial charge in [0.15, 0.2) is 0 Å². The van der Waals surface area contributed by atoms with E-state index in [1.165, 1.54) is 0 Å². The Kier molecular flexibility index (Phi) is 9.85. The first-order valence-electron chi connectivity index (χ1n) is 18.5. The zero-order valence-corrected chi connectivity index (χ0v) is 29.8. The maximum Gasteiger partial charge on any atom is 0.259 e. The van der Waals surface area contributed by atoms with Gasteiger partial charge in [-0.15, -0.1) is 0 Å². The minimum Gasteiger partial charge on any atom is -0.308 e. The van der Waals surface area contributed by atoms with Crippen molar-refractivity contribution in [1.29, 1.82) is 0 Å². The second-order valence-electron chi connectivity index (χ2n) is 13.5. The van der Waals surface area contributed by atoms with Gasteiger partial charge in [0.25, 0.3) is 17.7 Å². The molecule has 0 radical (unpaired) electrons. The van der Waals surface area contributed by atoms with Crippen LogP contribution in [0.2, 0.25) is 0 Å². The topological polar surface area (TPSA) is 60.9 Å². The number of carbonyl (C=O) groups excluding carboxylic acids is 3. The van der Waals surface area contributed by atoms with E-state index in [-0.39, 0.29) is 17.7 Å². The van der Waals surface area contributed by atoms with Gasteiger partial charge in [-0.25, -0.2) is 0 Å². The average molecular weight is 676 g/mol. The highest BCUT2D eigenvalue weighted by molar-refractivity contribution is 6.29. The largest absolute Gasteiger partial charge is 0.308 e. The van der Waals surface area contributed by atoms with Crippen LogP contribution < -0.4 is 0 Å². The van der Waals surface area contributed by atoms with Crippen LogP contribution in [0, 0.1) is 0 Å². The summed E-state index contributed by atoms with van der Waals surface area (Å²) in [6.07, 6.45) is 11.3. The number of unbranched alkanes of at least 4 members (excludes halogenated alkanes) is 3. The molecule has 4 aromatic carbocycles. The molecule has 0 atom stereocenters. The third-order valence-corrected chi connectivity index (χ3v) is 10.0. The number of hydrogen-bond donors (Lipinski definition) is 0. The Labute approximate surface area is 301 Å². The molecule has 7 rings (SSSR count). The van der Waals surface area contributed by atoms with E-state index in [9.17, 15) is 0 Å². The van der Waals surface area contributed by atoms with Crippen molar-refractivity contribution in [2.24, 2.45) is 0 Å². The summed E-state index contributed by atoms with van der Waals surface area (Å²) in [5.41, 5.74) is 8.28. The van der Waals surface area contributed by atoms with Gasteiger partial charge >= 0.3 is 0 Å². The van der Waals surface area contributed by atoms with Gasteiger partial charge in [-0.05, 0) is 54.2 Å². The molecular formula is C45H45N3O3. The molecule has 0 aliphatic carbocycles. The highest BCUT2D eigenvalue weighted by atomic mass is 16.2. The van der Waals surface area contributed by atoms with E-state index in [2.05, 4.69) is 20.8 Å². The van der Waals surface area contributed by atoms with Crippen LogP contribution in [0.4, 0.5) is 0 Å². The van der Waals surface area contributed by atoms with Gasteiger partial charge in [0.05, 0.1) is 33.8 Å². The first-order valence-corrected chi connectivity index (χ1v) is 18.5. The fourth-order valence-electron chi connectivity index (χ4n) is 7.48. The van der Waals surface area contributed by atoms with Crippen molar-refractivity contribution in [3.8, 4) is 0 Å². The second kappa shape index (κ2) is 14.8. The Morgan fingerprint density at radius 3 is 0.882 bits per heavy atom. The predicted molar refractivity (Wildman–Crippen MR) is 207 cm³/mol. The first-order chi connectivity index (χ1) is 25.0. The monoisotopic (exact) mass is 675 g/mol. The van der Waals surface area contributed by atoms with Crippen LogP contribution >= 0.6 is 0 Å². The lowest BCUT2D eigenvalue weighted by Gasteiger charge is -2.19. The molecule has 0 N–H and O–H groups in total. The number of fused-ring (bicyclic) bond motifs is 6. The molecule has 3 heterocycles. The van der Waals surface area contributed by atoms with Gasteiger partial charge < -0.3 is 14.7 Å². The number of hydrogen-bond acceptors (Lipinski definition) is 3. The number of amides is 3. The van der Waals surface area contributed by atoms with Gasteiger partial charge in [-0.3, -0.25) is 14.4 Å². The third-order valence-electron chi connectivity index (χ3n) is 10.0. The Balaban J connectivity index is 1.62.